The Morgan fingerprint density at radius 2 is 2.11 bits per heavy atom. The van der Waals surface area contributed by atoms with Gasteiger partial charge >= 0.3 is 5.97 Å². The minimum Gasteiger partial charge on any atom is -0.480 e. The first kappa shape index (κ1) is 14.5. The van der Waals surface area contributed by atoms with Crippen molar-refractivity contribution in [2.24, 2.45) is 5.92 Å². The van der Waals surface area contributed by atoms with Gasteiger partial charge in [0.15, 0.2) is 0 Å². The molecule has 1 saturated heterocycles. The molecule has 0 radical (unpaired) electrons. The normalized spacial score (nSPS) is 15.3. The van der Waals surface area contributed by atoms with Crippen LogP contribution in [-0.2, 0) is 14.4 Å². The molecule has 6 nitrogen and oxygen atoms in total. The van der Waals surface area contributed by atoms with Gasteiger partial charge in [-0.15, -0.1) is 0 Å². The lowest BCUT2D eigenvalue weighted by Gasteiger charge is -2.25. The van der Waals surface area contributed by atoms with E-state index in [-0.39, 0.29) is 30.8 Å². The zero-order valence-electron chi connectivity index (χ0n) is 10.9. The van der Waals surface area contributed by atoms with Crippen molar-refractivity contribution in [3.8, 4) is 0 Å². The lowest BCUT2D eigenvalue weighted by Crippen LogP contribution is -2.44. The molecular formula is C12H20N2O4. The number of hydrogen-bond acceptors (Lipinski definition) is 3. The summed E-state index contributed by atoms with van der Waals surface area (Å²) < 4.78 is 0. The number of carboxylic acids is 1. The van der Waals surface area contributed by atoms with Crippen molar-refractivity contribution in [1.82, 2.24) is 9.80 Å². The Morgan fingerprint density at radius 1 is 1.44 bits per heavy atom. The molecule has 102 valence electrons. The molecular weight excluding hydrogens is 236 g/mol. The molecule has 1 rings (SSSR count). The standard InChI is InChI=1S/C12H20N2O4/c1-9(2)6-14(8-12(17)18)11(16)7-13-5-3-4-10(13)15/h9H,3-8H2,1-2H3,(H,17,18). The van der Waals surface area contributed by atoms with Crippen LogP contribution in [0.3, 0.4) is 0 Å². The van der Waals surface area contributed by atoms with Gasteiger partial charge in [-0.2, -0.15) is 0 Å². The van der Waals surface area contributed by atoms with E-state index in [0.29, 0.717) is 19.5 Å². The van der Waals surface area contributed by atoms with Crippen LogP contribution < -0.4 is 0 Å². The van der Waals surface area contributed by atoms with Crippen LogP contribution in [0.5, 0.6) is 0 Å². The third kappa shape index (κ3) is 4.35. The summed E-state index contributed by atoms with van der Waals surface area (Å²) in [4.78, 5) is 36.9. The average Bonchev–Trinajstić information content (AvgIpc) is 2.62. The zero-order chi connectivity index (χ0) is 13.7. The van der Waals surface area contributed by atoms with Crippen LogP contribution in [-0.4, -0.2) is 58.9 Å². The molecule has 0 atom stereocenters. The second kappa shape index (κ2) is 6.37. The SMILES string of the molecule is CC(C)CN(CC(=O)O)C(=O)CN1CCCC1=O. The smallest absolute Gasteiger partial charge is 0.323 e. The van der Waals surface area contributed by atoms with E-state index in [0.717, 1.165) is 6.42 Å². The van der Waals surface area contributed by atoms with Crippen LogP contribution in [0.4, 0.5) is 0 Å². The van der Waals surface area contributed by atoms with Crippen LogP contribution in [0.2, 0.25) is 0 Å². The van der Waals surface area contributed by atoms with Gasteiger partial charge in [0.05, 0.1) is 6.54 Å². The van der Waals surface area contributed by atoms with Crippen LogP contribution in [0.25, 0.3) is 0 Å². The third-order valence-electron chi connectivity index (χ3n) is 2.76. The molecule has 0 bridgehead atoms. The first-order chi connectivity index (χ1) is 8.40. The first-order valence-electron chi connectivity index (χ1n) is 6.17. The number of rotatable bonds is 6. The summed E-state index contributed by atoms with van der Waals surface area (Å²) in [6.45, 7) is 4.52. The predicted molar refractivity (Wildman–Crippen MR) is 64.9 cm³/mol. The van der Waals surface area contributed by atoms with Gasteiger partial charge in [-0.3, -0.25) is 14.4 Å². The second-order valence-corrected chi connectivity index (χ2v) is 4.98. The molecule has 0 aromatic carbocycles. The fourth-order valence-electron chi connectivity index (χ4n) is 1.99. The van der Waals surface area contributed by atoms with E-state index in [4.69, 9.17) is 5.11 Å². The third-order valence-corrected chi connectivity index (χ3v) is 2.76. The maximum atomic E-state index is 12.0. The second-order valence-electron chi connectivity index (χ2n) is 4.98. The molecule has 0 saturated carbocycles. The Balaban J connectivity index is 2.57. The van der Waals surface area contributed by atoms with E-state index in [1.807, 2.05) is 13.8 Å². The topological polar surface area (TPSA) is 77.9 Å². The molecule has 0 aromatic heterocycles. The molecule has 0 aliphatic carbocycles. The van der Waals surface area contributed by atoms with Crippen molar-refractivity contribution in [3.05, 3.63) is 0 Å². The van der Waals surface area contributed by atoms with Gasteiger partial charge in [-0.25, -0.2) is 0 Å². The summed E-state index contributed by atoms with van der Waals surface area (Å²) in [6, 6.07) is 0. The molecule has 1 fully saturated rings. The molecule has 2 amide bonds. The molecule has 1 heterocycles. The minimum atomic E-state index is -1.03. The van der Waals surface area contributed by atoms with E-state index in [1.54, 1.807) is 0 Å². The molecule has 18 heavy (non-hydrogen) atoms. The quantitative estimate of drug-likeness (QED) is 0.735. The molecule has 0 unspecified atom stereocenters. The van der Waals surface area contributed by atoms with Crippen molar-refractivity contribution in [3.63, 3.8) is 0 Å². The molecule has 1 N–H and O–H groups in total. The Kier molecular flexibility index (Phi) is 5.12. The maximum Gasteiger partial charge on any atom is 0.323 e. The van der Waals surface area contributed by atoms with Crippen LogP contribution in [0, 0.1) is 5.92 Å². The number of likely N-dealkylation sites (tertiary alicyclic amines) is 1. The van der Waals surface area contributed by atoms with Gasteiger partial charge in [0.25, 0.3) is 0 Å². The van der Waals surface area contributed by atoms with Gasteiger partial charge in [0.1, 0.15) is 6.54 Å². The number of aliphatic carboxylic acids is 1. The minimum absolute atomic E-state index is 0.00116. The van der Waals surface area contributed by atoms with E-state index in [2.05, 4.69) is 0 Å². The van der Waals surface area contributed by atoms with E-state index in [9.17, 15) is 14.4 Å². The number of hydrogen-bond donors (Lipinski definition) is 1. The highest BCUT2D eigenvalue weighted by Gasteiger charge is 2.25. The van der Waals surface area contributed by atoms with E-state index < -0.39 is 5.97 Å². The molecule has 1 aliphatic heterocycles. The fraction of sp³-hybridized carbons (Fsp3) is 0.750. The summed E-state index contributed by atoms with van der Waals surface area (Å²) in [5.74, 6) is -1.15. The molecule has 6 heteroatoms. The Morgan fingerprint density at radius 3 is 2.56 bits per heavy atom. The molecule has 1 aliphatic rings. The van der Waals surface area contributed by atoms with Crippen molar-refractivity contribution in [2.45, 2.75) is 26.7 Å². The lowest BCUT2D eigenvalue weighted by atomic mass is 10.2. The number of nitrogens with zero attached hydrogens (tertiary/aromatic N) is 2. The van der Waals surface area contributed by atoms with E-state index in [1.165, 1.54) is 9.80 Å². The van der Waals surface area contributed by atoms with Gasteiger partial charge in [0.2, 0.25) is 11.8 Å². The van der Waals surface area contributed by atoms with Crippen molar-refractivity contribution < 1.29 is 19.5 Å². The number of carbonyl (C=O) groups excluding carboxylic acids is 2. The number of carbonyl (C=O) groups is 3. The van der Waals surface area contributed by atoms with Crippen LogP contribution >= 0.6 is 0 Å². The van der Waals surface area contributed by atoms with Gasteiger partial charge in [-0.1, -0.05) is 13.8 Å². The Hall–Kier alpha value is -1.59. The van der Waals surface area contributed by atoms with Crippen LogP contribution in [0.15, 0.2) is 0 Å². The highest BCUT2D eigenvalue weighted by Crippen LogP contribution is 2.10. The monoisotopic (exact) mass is 256 g/mol. The average molecular weight is 256 g/mol. The Bertz CT molecular complexity index is 341. The van der Waals surface area contributed by atoms with E-state index >= 15 is 0 Å². The largest absolute Gasteiger partial charge is 0.480 e. The van der Waals surface area contributed by atoms with Gasteiger partial charge in [0, 0.05) is 19.5 Å². The van der Waals surface area contributed by atoms with Crippen molar-refractivity contribution in [2.75, 3.05) is 26.2 Å². The first-order valence-corrected chi connectivity index (χ1v) is 6.17. The Labute approximate surface area is 107 Å². The van der Waals surface area contributed by atoms with Gasteiger partial charge < -0.3 is 14.9 Å². The number of carboxylic acid groups (broad SMARTS) is 1. The summed E-state index contributed by atoms with van der Waals surface area (Å²) >= 11 is 0. The summed E-state index contributed by atoms with van der Waals surface area (Å²) in [6.07, 6.45) is 1.26. The van der Waals surface area contributed by atoms with Gasteiger partial charge in [-0.05, 0) is 12.3 Å². The fourth-order valence-corrected chi connectivity index (χ4v) is 1.99. The summed E-state index contributed by atoms with van der Waals surface area (Å²) in [5, 5.41) is 8.78. The maximum absolute atomic E-state index is 12.0. The highest BCUT2D eigenvalue weighted by atomic mass is 16.4. The zero-order valence-corrected chi connectivity index (χ0v) is 10.9. The summed E-state index contributed by atoms with van der Waals surface area (Å²) in [7, 11) is 0. The lowest BCUT2D eigenvalue weighted by molar-refractivity contribution is -0.146. The molecule has 0 aromatic rings. The highest BCUT2D eigenvalue weighted by molar-refractivity contribution is 5.87. The molecule has 0 spiro atoms. The summed E-state index contributed by atoms with van der Waals surface area (Å²) in [5.41, 5.74) is 0. The predicted octanol–water partition coefficient (Wildman–Crippen LogP) is 0.178. The number of amides is 2. The van der Waals surface area contributed by atoms with Crippen molar-refractivity contribution >= 4 is 17.8 Å². The van der Waals surface area contributed by atoms with Crippen molar-refractivity contribution in [1.29, 1.82) is 0 Å². The van der Waals surface area contributed by atoms with Crippen LogP contribution in [0.1, 0.15) is 26.7 Å².